The molecule has 2 aliphatic rings. The second kappa shape index (κ2) is 9.40. The second-order valence-corrected chi connectivity index (χ2v) is 9.58. The van der Waals surface area contributed by atoms with E-state index in [2.05, 4.69) is 82.9 Å². The molecule has 0 saturated heterocycles. The third-order valence-corrected chi connectivity index (χ3v) is 7.06. The third kappa shape index (κ3) is 4.41. The molecule has 0 radical (unpaired) electrons. The summed E-state index contributed by atoms with van der Waals surface area (Å²) in [5, 5.41) is 0. The maximum atomic E-state index is 6.27. The highest BCUT2D eigenvalue weighted by Gasteiger charge is 2.27. The van der Waals surface area contributed by atoms with Crippen molar-refractivity contribution in [3.05, 3.63) is 60.6 Å². The molecule has 0 atom stereocenters. The van der Waals surface area contributed by atoms with Crippen molar-refractivity contribution < 1.29 is 9.30 Å². The molecule has 168 valence electrons. The van der Waals surface area contributed by atoms with Gasteiger partial charge in [0.15, 0.2) is 5.69 Å². The number of benzene rings is 2. The normalized spacial score (nSPS) is 16.9. The second-order valence-electron chi connectivity index (χ2n) is 9.58. The van der Waals surface area contributed by atoms with E-state index in [-0.39, 0.29) is 0 Å². The van der Waals surface area contributed by atoms with Crippen molar-refractivity contribution in [3.8, 4) is 22.7 Å². The van der Waals surface area contributed by atoms with E-state index in [1.807, 2.05) is 0 Å². The molecule has 0 N–H and O–H groups in total. The van der Waals surface area contributed by atoms with Crippen LogP contribution in [0.1, 0.15) is 57.2 Å². The van der Waals surface area contributed by atoms with Crippen LogP contribution in [0, 0.1) is 0 Å². The summed E-state index contributed by atoms with van der Waals surface area (Å²) in [6.45, 7) is 1.09. The minimum atomic E-state index is 0.393. The van der Waals surface area contributed by atoms with E-state index < -0.39 is 0 Å². The van der Waals surface area contributed by atoms with Crippen LogP contribution in [0.3, 0.4) is 0 Å². The van der Waals surface area contributed by atoms with Crippen molar-refractivity contribution in [2.45, 2.75) is 70.4 Å². The van der Waals surface area contributed by atoms with Gasteiger partial charge in [0.25, 0.3) is 5.82 Å². The molecular weight excluding hydrogens is 394 g/mol. The topological polar surface area (TPSA) is 21.3 Å². The lowest BCUT2D eigenvalue weighted by molar-refractivity contribution is -0.692. The van der Waals surface area contributed by atoms with E-state index in [9.17, 15) is 0 Å². The number of nitrogens with zero attached hydrogens (tertiary/aromatic N) is 3. The van der Waals surface area contributed by atoms with Gasteiger partial charge in [0.05, 0.1) is 12.6 Å². The molecule has 0 bridgehead atoms. The zero-order valence-corrected chi connectivity index (χ0v) is 19.6. The minimum absolute atomic E-state index is 0.393. The quantitative estimate of drug-likeness (QED) is 0.468. The van der Waals surface area contributed by atoms with Crippen molar-refractivity contribution in [3.63, 3.8) is 0 Å². The number of imidazole rings is 1. The number of hydrogen-bond acceptors (Lipinski definition) is 2. The lowest BCUT2D eigenvalue weighted by Crippen LogP contribution is -2.38. The molecule has 5 rings (SSSR count). The maximum absolute atomic E-state index is 6.27. The predicted octanol–water partition coefficient (Wildman–Crippen LogP) is 5.94. The zero-order valence-electron chi connectivity index (χ0n) is 19.6. The molecule has 32 heavy (non-hydrogen) atoms. The van der Waals surface area contributed by atoms with Crippen molar-refractivity contribution in [2.75, 3.05) is 19.0 Å². The number of rotatable bonds is 5. The fourth-order valence-corrected chi connectivity index (χ4v) is 5.22. The first kappa shape index (κ1) is 21.1. The first-order valence-corrected chi connectivity index (χ1v) is 12.4. The van der Waals surface area contributed by atoms with Crippen LogP contribution in [-0.2, 0) is 13.0 Å². The largest absolute Gasteiger partial charge is 0.490 e. The van der Waals surface area contributed by atoms with Crippen molar-refractivity contribution in [2.24, 2.45) is 0 Å². The molecule has 0 unspecified atom stereocenters. The van der Waals surface area contributed by atoms with Crippen LogP contribution in [0.2, 0.25) is 0 Å². The predicted molar refractivity (Wildman–Crippen MR) is 131 cm³/mol. The molecule has 4 nitrogen and oxygen atoms in total. The molecule has 0 spiro atoms. The molecule has 1 aliphatic heterocycles. The van der Waals surface area contributed by atoms with Gasteiger partial charge in [-0.05, 0) is 93.5 Å². The highest BCUT2D eigenvalue weighted by Crippen LogP contribution is 2.27. The summed E-state index contributed by atoms with van der Waals surface area (Å²) in [5.74, 6) is 2.42. The Morgan fingerprint density at radius 1 is 0.844 bits per heavy atom. The van der Waals surface area contributed by atoms with Gasteiger partial charge in [-0.3, -0.25) is 0 Å². The minimum Gasteiger partial charge on any atom is -0.490 e. The number of fused-ring (bicyclic) bond motifs is 1. The van der Waals surface area contributed by atoms with Gasteiger partial charge in [-0.1, -0.05) is 6.42 Å². The smallest absolute Gasteiger partial charge is 0.262 e. The Bertz CT molecular complexity index is 1030. The van der Waals surface area contributed by atoms with Gasteiger partial charge >= 0.3 is 0 Å². The van der Waals surface area contributed by atoms with Gasteiger partial charge in [0.2, 0.25) is 0 Å². The van der Waals surface area contributed by atoms with E-state index in [4.69, 9.17) is 4.74 Å². The highest BCUT2D eigenvalue weighted by molar-refractivity contribution is 5.61. The van der Waals surface area contributed by atoms with E-state index in [0.717, 1.165) is 18.7 Å². The Hall–Kier alpha value is -2.75. The summed E-state index contributed by atoms with van der Waals surface area (Å²) in [6, 6.07) is 17.7. The molecule has 2 heterocycles. The van der Waals surface area contributed by atoms with Gasteiger partial charge in [-0.2, -0.15) is 4.57 Å². The summed E-state index contributed by atoms with van der Waals surface area (Å²) >= 11 is 0. The molecule has 1 aromatic heterocycles. The van der Waals surface area contributed by atoms with Crippen molar-refractivity contribution in [1.82, 2.24) is 4.57 Å². The number of hydrogen-bond donors (Lipinski definition) is 0. The van der Waals surface area contributed by atoms with Gasteiger partial charge in [-0.25, -0.2) is 4.57 Å². The van der Waals surface area contributed by atoms with Gasteiger partial charge < -0.3 is 9.64 Å². The molecule has 2 aromatic carbocycles. The van der Waals surface area contributed by atoms with Crippen LogP contribution in [0.4, 0.5) is 5.69 Å². The average Bonchev–Trinajstić information content (AvgIpc) is 3.01. The Morgan fingerprint density at radius 2 is 1.56 bits per heavy atom. The fraction of sp³-hybridized carbons (Fsp3) is 0.464. The highest BCUT2D eigenvalue weighted by atomic mass is 16.5. The molecule has 3 aromatic rings. The lowest BCUT2D eigenvalue weighted by atomic mass is 9.98. The van der Waals surface area contributed by atoms with Gasteiger partial charge in [0.1, 0.15) is 17.6 Å². The van der Waals surface area contributed by atoms with Crippen LogP contribution in [-0.4, -0.2) is 24.8 Å². The summed E-state index contributed by atoms with van der Waals surface area (Å²) in [6.07, 6.45) is 14.0. The fourth-order valence-electron chi connectivity index (χ4n) is 5.22. The summed E-state index contributed by atoms with van der Waals surface area (Å²) in [7, 11) is 4.18. The van der Waals surface area contributed by atoms with Crippen LogP contribution >= 0.6 is 0 Å². The Balaban J connectivity index is 1.46. The Kier molecular flexibility index (Phi) is 6.20. The maximum Gasteiger partial charge on any atom is 0.262 e. The van der Waals surface area contributed by atoms with Crippen molar-refractivity contribution >= 4 is 5.69 Å². The van der Waals surface area contributed by atoms with E-state index >= 15 is 0 Å². The lowest BCUT2D eigenvalue weighted by Gasteiger charge is -2.22. The van der Waals surface area contributed by atoms with Gasteiger partial charge in [-0.15, -0.1) is 0 Å². The van der Waals surface area contributed by atoms with Crippen LogP contribution in [0.25, 0.3) is 16.9 Å². The van der Waals surface area contributed by atoms with Crippen LogP contribution in [0.15, 0.2) is 54.7 Å². The molecule has 4 heteroatoms. The first-order chi connectivity index (χ1) is 15.7. The molecule has 1 aliphatic carbocycles. The molecule has 1 fully saturated rings. The summed E-state index contributed by atoms with van der Waals surface area (Å²) in [4.78, 5) is 2.15. The number of aromatic nitrogens is 2. The van der Waals surface area contributed by atoms with Crippen LogP contribution in [0.5, 0.6) is 5.75 Å². The van der Waals surface area contributed by atoms with E-state index in [1.165, 1.54) is 79.8 Å². The monoisotopic (exact) mass is 430 g/mol. The summed E-state index contributed by atoms with van der Waals surface area (Å²) < 4.78 is 11.2. The number of ether oxygens (including phenoxy) is 1. The molecule has 1 saturated carbocycles. The Labute approximate surface area is 192 Å². The van der Waals surface area contributed by atoms with E-state index in [1.54, 1.807) is 0 Å². The molecular formula is C28H36N3O+. The third-order valence-electron chi connectivity index (χ3n) is 7.06. The van der Waals surface area contributed by atoms with E-state index in [0.29, 0.717) is 6.10 Å². The standard InChI is InChI=1S/C28H36N3O/c1-29(2)23-14-12-22(13-15-23)27-21-31(28-11-7-4-8-20-30(27)28)24-16-18-26(19-17-24)32-25-9-5-3-6-10-25/h12-19,21,25H,3-11,20H2,1-2H3/q+1. The zero-order chi connectivity index (χ0) is 21.9. The SMILES string of the molecule is CN(C)c1ccc(-c2cn(-c3ccc(OC4CCCCC4)cc3)c3[n+]2CCCCC3)cc1. The number of anilines is 1. The molecule has 0 amide bonds. The summed E-state index contributed by atoms with van der Waals surface area (Å²) in [5.41, 5.74) is 5.06. The van der Waals surface area contributed by atoms with Crippen LogP contribution < -0.4 is 14.2 Å². The average molecular weight is 431 g/mol. The first-order valence-electron chi connectivity index (χ1n) is 12.4. The Morgan fingerprint density at radius 3 is 2.28 bits per heavy atom. The van der Waals surface area contributed by atoms with Gasteiger partial charge in [0, 0.05) is 31.8 Å². The van der Waals surface area contributed by atoms with Crippen molar-refractivity contribution in [1.29, 1.82) is 0 Å².